The highest BCUT2D eigenvalue weighted by atomic mass is 16.5. The van der Waals surface area contributed by atoms with Crippen LogP contribution in [0.5, 0.6) is 5.75 Å². The van der Waals surface area contributed by atoms with Crippen molar-refractivity contribution in [3.63, 3.8) is 0 Å². The largest absolute Gasteiger partial charge is 0.496 e. The van der Waals surface area contributed by atoms with Crippen LogP contribution in [0.2, 0.25) is 0 Å². The summed E-state index contributed by atoms with van der Waals surface area (Å²) in [7, 11) is 1.67. The van der Waals surface area contributed by atoms with Crippen molar-refractivity contribution in [2.75, 3.05) is 17.3 Å². The molecule has 7 nitrogen and oxygen atoms in total. The molecule has 4 aromatic carbocycles. The number of aromatic nitrogens is 2. The Kier molecular flexibility index (Phi) is 5.65. The highest BCUT2D eigenvalue weighted by molar-refractivity contribution is 6.21. The van der Waals surface area contributed by atoms with Crippen molar-refractivity contribution in [2.45, 2.75) is 13.0 Å². The number of hydrogen-bond acceptors (Lipinski definition) is 4. The fourth-order valence-corrected chi connectivity index (χ4v) is 4.87. The maximum Gasteiger partial charge on any atom is 0.241 e. The molecule has 6 rings (SSSR count). The van der Waals surface area contributed by atoms with E-state index in [-0.39, 0.29) is 18.2 Å². The van der Waals surface area contributed by atoms with Crippen molar-refractivity contribution < 1.29 is 14.3 Å². The summed E-state index contributed by atoms with van der Waals surface area (Å²) in [4.78, 5) is 31.9. The first-order chi connectivity index (χ1) is 18.1. The Hall–Kier alpha value is -4.91. The number of methoxy groups -OCH3 is 1. The van der Waals surface area contributed by atoms with Crippen molar-refractivity contribution in [3.05, 3.63) is 103 Å². The number of carbonyl (C=O) groups is 2. The molecular weight excluding hydrogens is 464 g/mol. The number of fused-ring (bicyclic) bond motifs is 3. The second kappa shape index (κ2) is 9.28. The predicted molar refractivity (Wildman–Crippen MR) is 144 cm³/mol. The Morgan fingerprint density at radius 1 is 0.919 bits per heavy atom. The lowest BCUT2D eigenvalue weighted by Gasteiger charge is -2.23. The number of para-hydroxylation sites is 1. The number of nitrogens with one attached hydrogen (secondary N) is 1. The lowest BCUT2D eigenvalue weighted by molar-refractivity contribution is -0.124. The van der Waals surface area contributed by atoms with Crippen LogP contribution in [-0.4, -0.2) is 28.5 Å². The van der Waals surface area contributed by atoms with Crippen LogP contribution in [0.25, 0.3) is 22.2 Å². The molecule has 0 saturated heterocycles. The summed E-state index contributed by atoms with van der Waals surface area (Å²) >= 11 is 0. The molecule has 0 saturated carbocycles. The van der Waals surface area contributed by atoms with Gasteiger partial charge in [-0.3, -0.25) is 14.5 Å². The van der Waals surface area contributed by atoms with Gasteiger partial charge in [0.05, 0.1) is 25.0 Å². The van der Waals surface area contributed by atoms with E-state index in [2.05, 4.69) is 14.9 Å². The third-order valence-electron chi connectivity index (χ3n) is 6.61. The quantitative estimate of drug-likeness (QED) is 0.319. The molecule has 1 aliphatic rings. The molecule has 7 heteroatoms. The van der Waals surface area contributed by atoms with E-state index in [0.717, 1.165) is 33.5 Å². The Bertz CT molecular complexity index is 1640. The average molecular weight is 489 g/mol. The van der Waals surface area contributed by atoms with Crippen LogP contribution in [0.3, 0.4) is 0 Å². The fraction of sp³-hybridized carbons (Fsp3) is 0.100. The van der Waals surface area contributed by atoms with E-state index in [1.165, 1.54) is 0 Å². The van der Waals surface area contributed by atoms with E-state index in [4.69, 9.17) is 4.74 Å². The molecule has 1 aromatic heterocycles. The molecule has 37 heavy (non-hydrogen) atoms. The first kappa shape index (κ1) is 22.5. The zero-order valence-corrected chi connectivity index (χ0v) is 20.2. The minimum atomic E-state index is -0.319. The van der Waals surface area contributed by atoms with Gasteiger partial charge in [-0.15, -0.1) is 0 Å². The van der Waals surface area contributed by atoms with Gasteiger partial charge in [0.2, 0.25) is 11.8 Å². The number of benzene rings is 4. The van der Waals surface area contributed by atoms with E-state index >= 15 is 0 Å². The third-order valence-corrected chi connectivity index (χ3v) is 6.61. The SMILES string of the molecule is COc1ccccc1Cn1ccnc1-c1ccc(N2C(=O)CC(=O)Nc3c2ccc2ccccc32)cc1. The molecule has 0 bridgehead atoms. The van der Waals surface area contributed by atoms with Crippen LogP contribution in [0, 0.1) is 0 Å². The first-order valence-corrected chi connectivity index (χ1v) is 12.0. The highest BCUT2D eigenvalue weighted by Gasteiger charge is 2.28. The van der Waals surface area contributed by atoms with Crippen molar-refractivity contribution in [1.29, 1.82) is 0 Å². The van der Waals surface area contributed by atoms with Crippen LogP contribution < -0.4 is 15.0 Å². The number of ether oxygens (including phenoxy) is 1. The summed E-state index contributed by atoms with van der Waals surface area (Å²) < 4.78 is 7.57. The van der Waals surface area contributed by atoms with Crippen LogP contribution in [0.1, 0.15) is 12.0 Å². The number of imidazole rings is 1. The standard InChI is InChI=1S/C30H24N4O3/c1-37-26-9-5-3-7-22(26)19-33-17-16-31-30(33)21-10-13-23(14-11-21)34-25-15-12-20-6-2-4-8-24(20)29(25)32-27(35)18-28(34)36/h2-17H,18-19H2,1H3,(H,32,35). The molecule has 0 unspecified atom stereocenters. The van der Waals surface area contributed by atoms with Gasteiger partial charge >= 0.3 is 0 Å². The highest BCUT2D eigenvalue weighted by Crippen LogP contribution is 2.40. The van der Waals surface area contributed by atoms with Gasteiger partial charge in [0, 0.05) is 34.6 Å². The van der Waals surface area contributed by atoms with E-state index in [1.807, 2.05) is 91.1 Å². The number of anilines is 3. The number of amides is 2. The second-order valence-corrected chi connectivity index (χ2v) is 8.87. The molecule has 0 radical (unpaired) electrons. The molecule has 182 valence electrons. The molecule has 0 aliphatic carbocycles. The molecule has 1 aliphatic heterocycles. The number of carbonyl (C=O) groups excluding carboxylic acids is 2. The summed E-state index contributed by atoms with van der Waals surface area (Å²) in [6, 6.07) is 27.3. The summed E-state index contributed by atoms with van der Waals surface area (Å²) in [5.41, 5.74) is 3.95. The van der Waals surface area contributed by atoms with E-state index in [1.54, 1.807) is 18.2 Å². The molecule has 2 amide bonds. The van der Waals surface area contributed by atoms with Crippen LogP contribution in [-0.2, 0) is 16.1 Å². The number of hydrogen-bond donors (Lipinski definition) is 1. The first-order valence-electron chi connectivity index (χ1n) is 12.0. The third kappa shape index (κ3) is 4.10. The Balaban J connectivity index is 1.37. The van der Waals surface area contributed by atoms with Crippen LogP contribution in [0.15, 0.2) is 97.3 Å². The van der Waals surface area contributed by atoms with Gasteiger partial charge in [-0.25, -0.2) is 4.98 Å². The van der Waals surface area contributed by atoms with Gasteiger partial charge in [-0.05, 0) is 41.8 Å². The summed E-state index contributed by atoms with van der Waals surface area (Å²) in [6.45, 7) is 0.611. The van der Waals surface area contributed by atoms with Gasteiger partial charge in [0.1, 0.15) is 18.0 Å². The summed E-state index contributed by atoms with van der Waals surface area (Å²) in [5, 5.41) is 4.83. The van der Waals surface area contributed by atoms with Gasteiger partial charge in [-0.2, -0.15) is 0 Å². The Morgan fingerprint density at radius 2 is 1.70 bits per heavy atom. The zero-order chi connectivity index (χ0) is 25.4. The van der Waals surface area contributed by atoms with E-state index in [9.17, 15) is 9.59 Å². The molecule has 1 N–H and O–H groups in total. The minimum Gasteiger partial charge on any atom is -0.496 e. The van der Waals surface area contributed by atoms with Crippen LogP contribution in [0.4, 0.5) is 17.1 Å². The van der Waals surface area contributed by atoms with Gasteiger partial charge < -0.3 is 14.6 Å². The maximum absolute atomic E-state index is 13.2. The van der Waals surface area contributed by atoms with E-state index < -0.39 is 0 Å². The molecule has 0 fully saturated rings. The summed E-state index contributed by atoms with van der Waals surface area (Å²) in [5.74, 6) is 1.03. The monoisotopic (exact) mass is 488 g/mol. The minimum absolute atomic E-state index is 0.228. The lowest BCUT2D eigenvalue weighted by Crippen LogP contribution is -2.26. The molecule has 0 spiro atoms. The van der Waals surface area contributed by atoms with Crippen molar-refractivity contribution in [3.8, 4) is 17.1 Å². The van der Waals surface area contributed by atoms with Gasteiger partial charge in [0.15, 0.2) is 0 Å². The summed E-state index contributed by atoms with van der Waals surface area (Å²) in [6.07, 6.45) is 3.48. The second-order valence-electron chi connectivity index (χ2n) is 8.87. The topological polar surface area (TPSA) is 76.5 Å². The Morgan fingerprint density at radius 3 is 2.54 bits per heavy atom. The average Bonchev–Trinajstić information content (AvgIpc) is 3.33. The van der Waals surface area contributed by atoms with Gasteiger partial charge in [-0.1, -0.05) is 48.5 Å². The lowest BCUT2D eigenvalue weighted by atomic mass is 10.1. The Labute approximate surface area is 213 Å². The van der Waals surface area contributed by atoms with Crippen LogP contribution >= 0.6 is 0 Å². The van der Waals surface area contributed by atoms with Crippen molar-refractivity contribution in [2.24, 2.45) is 0 Å². The normalized spacial score (nSPS) is 13.3. The van der Waals surface area contributed by atoms with Crippen molar-refractivity contribution in [1.82, 2.24) is 9.55 Å². The van der Waals surface area contributed by atoms with E-state index in [0.29, 0.717) is 23.6 Å². The van der Waals surface area contributed by atoms with Gasteiger partial charge in [0.25, 0.3) is 0 Å². The molecular formula is C30H24N4O3. The molecule has 5 aromatic rings. The number of nitrogens with zero attached hydrogens (tertiary/aromatic N) is 3. The van der Waals surface area contributed by atoms with Crippen molar-refractivity contribution >= 4 is 39.6 Å². The smallest absolute Gasteiger partial charge is 0.241 e. The fourth-order valence-electron chi connectivity index (χ4n) is 4.87. The zero-order valence-electron chi connectivity index (χ0n) is 20.2. The molecule has 0 atom stereocenters. The number of rotatable bonds is 5. The maximum atomic E-state index is 13.2. The molecule has 2 heterocycles. The predicted octanol–water partition coefficient (Wildman–Crippen LogP) is 5.77.